The van der Waals surface area contributed by atoms with E-state index in [4.69, 9.17) is 22.1 Å². The van der Waals surface area contributed by atoms with Crippen molar-refractivity contribution in [2.45, 2.75) is 32.1 Å². The number of methoxy groups -OCH3 is 1. The number of nitrogens with zero attached hydrogens (tertiary/aromatic N) is 1. The Labute approximate surface area is 143 Å². The Kier molecular flexibility index (Phi) is 8.01. The highest BCUT2D eigenvalue weighted by Crippen LogP contribution is 2.29. The van der Waals surface area contributed by atoms with Gasteiger partial charge in [-0.3, -0.25) is 4.79 Å². The Morgan fingerprint density at radius 2 is 2.00 bits per heavy atom. The minimum absolute atomic E-state index is 0. The maximum Gasteiger partial charge on any atom is 0.166 e. The fraction of sp³-hybridized carbons (Fsp3) is 0.562. The van der Waals surface area contributed by atoms with Gasteiger partial charge in [0, 0.05) is 12.5 Å². The van der Waals surface area contributed by atoms with Crippen molar-refractivity contribution in [2.75, 3.05) is 32.5 Å². The molecule has 0 radical (unpaired) electrons. The lowest BCUT2D eigenvalue weighted by atomic mass is 10.0. The predicted molar refractivity (Wildman–Crippen MR) is 93.5 cm³/mol. The molecule has 124 valence electrons. The maximum absolute atomic E-state index is 12.3. The van der Waals surface area contributed by atoms with Crippen LogP contribution in [-0.4, -0.2) is 37.4 Å². The standard InChI is InChI=1S/C16H23ClN2O2.ClH/c1-21-16-11-14(18)13(17)10-12(16)15(20)6-5-9-19-7-3-2-4-8-19;/h10-11H,2-9,18H2,1H3;1H. The number of anilines is 1. The van der Waals surface area contributed by atoms with Gasteiger partial charge in [-0.1, -0.05) is 18.0 Å². The topological polar surface area (TPSA) is 55.6 Å². The molecule has 0 amide bonds. The Morgan fingerprint density at radius 1 is 1.32 bits per heavy atom. The van der Waals surface area contributed by atoms with Crippen LogP contribution >= 0.6 is 24.0 Å². The van der Waals surface area contributed by atoms with Crippen LogP contribution in [0.4, 0.5) is 5.69 Å². The Hall–Kier alpha value is -0.970. The van der Waals surface area contributed by atoms with Crippen LogP contribution in [0.25, 0.3) is 0 Å². The molecule has 1 aliphatic heterocycles. The third kappa shape index (κ3) is 5.04. The summed E-state index contributed by atoms with van der Waals surface area (Å²) in [5, 5.41) is 0.398. The zero-order chi connectivity index (χ0) is 15.2. The van der Waals surface area contributed by atoms with Crippen LogP contribution in [0.2, 0.25) is 5.02 Å². The summed E-state index contributed by atoms with van der Waals surface area (Å²) in [6.45, 7) is 3.30. The van der Waals surface area contributed by atoms with E-state index in [1.165, 1.54) is 26.4 Å². The summed E-state index contributed by atoms with van der Waals surface area (Å²) in [5.41, 5.74) is 6.69. The summed E-state index contributed by atoms with van der Waals surface area (Å²) >= 11 is 6.00. The molecule has 22 heavy (non-hydrogen) atoms. The summed E-state index contributed by atoms with van der Waals surface area (Å²) in [5.74, 6) is 0.561. The first kappa shape index (κ1) is 19.1. The highest BCUT2D eigenvalue weighted by atomic mass is 35.5. The molecule has 2 rings (SSSR count). The van der Waals surface area contributed by atoms with E-state index in [9.17, 15) is 4.79 Å². The second-order valence-electron chi connectivity index (χ2n) is 5.50. The van der Waals surface area contributed by atoms with Gasteiger partial charge in [0.15, 0.2) is 5.78 Å². The van der Waals surface area contributed by atoms with Crippen LogP contribution in [0.3, 0.4) is 0 Å². The van der Waals surface area contributed by atoms with Gasteiger partial charge in [-0.25, -0.2) is 0 Å². The number of carbonyl (C=O) groups is 1. The first-order valence-electron chi connectivity index (χ1n) is 7.50. The minimum atomic E-state index is 0. The van der Waals surface area contributed by atoms with Crippen LogP contribution in [0.15, 0.2) is 12.1 Å². The van der Waals surface area contributed by atoms with Gasteiger partial charge in [0.25, 0.3) is 0 Å². The number of ether oxygens (including phenoxy) is 1. The number of halogens is 2. The number of benzene rings is 1. The molecule has 0 unspecified atom stereocenters. The van der Waals surface area contributed by atoms with E-state index in [2.05, 4.69) is 4.90 Å². The molecular formula is C16H24Cl2N2O2. The van der Waals surface area contributed by atoms with Crippen LogP contribution in [0, 0.1) is 0 Å². The van der Waals surface area contributed by atoms with E-state index >= 15 is 0 Å². The molecule has 6 heteroatoms. The number of hydrogen-bond acceptors (Lipinski definition) is 4. The van der Waals surface area contributed by atoms with Gasteiger partial charge in [0.1, 0.15) is 5.75 Å². The molecular weight excluding hydrogens is 323 g/mol. The average Bonchev–Trinajstić information content (AvgIpc) is 2.50. The van der Waals surface area contributed by atoms with Crippen molar-refractivity contribution in [3.8, 4) is 5.75 Å². The van der Waals surface area contributed by atoms with Crippen molar-refractivity contribution in [3.63, 3.8) is 0 Å². The molecule has 0 spiro atoms. The minimum Gasteiger partial charge on any atom is -0.496 e. The predicted octanol–water partition coefficient (Wildman–Crippen LogP) is 3.80. The number of ketones is 1. The lowest BCUT2D eigenvalue weighted by molar-refractivity contribution is 0.0970. The smallest absolute Gasteiger partial charge is 0.166 e. The largest absolute Gasteiger partial charge is 0.496 e. The number of nitrogens with two attached hydrogens (primary N) is 1. The maximum atomic E-state index is 12.3. The van der Waals surface area contributed by atoms with E-state index in [0.29, 0.717) is 28.4 Å². The number of piperidine rings is 1. The number of Topliss-reactive ketones (excluding diaryl/α,β-unsaturated/α-hetero) is 1. The van der Waals surface area contributed by atoms with Gasteiger partial charge in [-0.15, -0.1) is 12.4 Å². The lowest BCUT2D eigenvalue weighted by Gasteiger charge is -2.26. The SMILES string of the molecule is COc1cc(N)c(Cl)cc1C(=O)CCCN1CCCCC1.Cl. The van der Waals surface area contributed by atoms with Gasteiger partial charge >= 0.3 is 0 Å². The molecule has 1 aromatic carbocycles. The van der Waals surface area contributed by atoms with Crippen molar-refractivity contribution in [1.29, 1.82) is 0 Å². The summed E-state index contributed by atoms with van der Waals surface area (Å²) < 4.78 is 5.23. The summed E-state index contributed by atoms with van der Waals surface area (Å²) in [6.07, 6.45) is 5.25. The molecule has 1 heterocycles. The zero-order valence-corrected chi connectivity index (χ0v) is 14.5. The van der Waals surface area contributed by atoms with Gasteiger partial charge < -0.3 is 15.4 Å². The van der Waals surface area contributed by atoms with Crippen molar-refractivity contribution in [1.82, 2.24) is 4.90 Å². The van der Waals surface area contributed by atoms with Crippen molar-refractivity contribution in [3.05, 3.63) is 22.7 Å². The Morgan fingerprint density at radius 3 is 2.64 bits per heavy atom. The number of likely N-dealkylation sites (tertiary alicyclic amines) is 1. The third-order valence-electron chi connectivity index (χ3n) is 3.95. The number of rotatable bonds is 6. The van der Waals surface area contributed by atoms with Gasteiger partial charge in [0.05, 0.1) is 23.4 Å². The highest BCUT2D eigenvalue weighted by Gasteiger charge is 2.16. The van der Waals surface area contributed by atoms with E-state index in [1.54, 1.807) is 12.1 Å². The molecule has 0 atom stereocenters. The molecule has 0 bridgehead atoms. The fourth-order valence-electron chi connectivity index (χ4n) is 2.74. The van der Waals surface area contributed by atoms with Crippen LogP contribution < -0.4 is 10.5 Å². The summed E-state index contributed by atoms with van der Waals surface area (Å²) in [7, 11) is 1.53. The highest BCUT2D eigenvalue weighted by molar-refractivity contribution is 6.33. The number of hydrogen-bond donors (Lipinski definition) is 1. The van der Waals surface area contributed by atoms with Gasteiger partial charge in [0.2, 0.25) is 0 Å². The molecule has 1 aromatic rings. The lowest BCUT2D eigenvalue weighted by Crippen LogP contribution is -2.30. The first-order chi connectivity index (χ1) is 10.1. The number of nitrogen functional groups attached to an aromatic ring is 1. The van der Waals surface area contributed by atoms with Crippen molar-refractivity contribution in [2.24, 2.45) is 0 Å². The zero-order valence-electron chi connectivity index (χ0n) is 12.9. The fourth-order valence-corrected chi connectivity index (χ4v) is 2.90. The quantitative estimate of drug-likeness (QED) is 0.628. The van der Waals surface area contributed by atoms with Crippen LogP contribution in [0.1, 0.15) is 42.5 Å². The van der Waals surface area contributed by atoms with Gasteiger partial charge in [-0.2, -0.15) is 0 Å². The van der Waals surface area contributed by atoms with Gasteiger partial charge in [-0.05, 0) is 45.0 Å². The molecule has 1 aliphatic rings. The molecule has 0 aliphatic carbocycles. The Balaban J connectivity index is 0.00000242. The molecule has 1 fully saturated rings. The van der Waals surface area contributed by atoms with Crippen LogP contribution in [0.5, 0.6) is 5.75 Å². The van der Waals surface area contributed by atoms with Crippen molar-refractivity contribution < 1.29 is 9.53 Å². The summed E-state index contributed by atoms with van der Waals surface area (Å²) in [4.78, 5) is 14.8. The summed E-state index contributed by atoms with van der Waals surface area (Å²) in [6, 6.07) is 3.22. The van der Waals surface area contributed by atoms with E-state index in [1.807, 2.05) is 0 Å². The molecule has 1 saturated heterocycles. The molecule has 2 N–H and O–H groups in total. The van der Waals surface area contributed by atoms with Crippen molar-refractivity contribution >= 4 is 35.5 Å². The number of carbonyl (C=O) groups excluding carboxylic acids is 1. The first-order valence-corrected chi connectivity index (χ1v) is 7.88. The van der Waals surface area contributed by atoms with Crippen LogP contribution in [-0.2, 0) is 0 Å². The van der Waals surface area contributed by atoms with E-state index in [-0.39, 0.29) is 18.2 Å². The molecule has 0 aromatic heterocycles. The molecule has 0 saturated carbocycles. The Bertz CT molecular complexity index is 503. The normalized spacial score (nSPS) is 15.2. The average molecular weight is 347 g/mol. The monoisotopic (exact) mass is 346 g/mol. The second kappa shape index (κ2) is 9.23. The third-order valence-corrected chi connectivity index (χ3v) is 4.27. The van der Waals surface area contributed by atoms with E-state index in [0.717, 1.165) is 26.1 Å². The molecule has 4 nitrogen and oxygen atoms in total. The van der Waals surface area contributed by atoms with E-state index < -0.39 is 0 Å². The second-order valence-corrected chi connectivity index (χ2v) is 5.91.